The van der Waals surface area contributed by atoms with Gasteiger partial charge in [0.2, 0.25) is 5.91 Å². The van der Waals surface area contributed by atoms with Crippen LogP contribution in [0, 0.1) is 11.3 Å². The van der Waals surface area contributed by atoms with Crippen molar-refractivity contribution in [1.29, 1.82) is 5.26 Å². The van der Waals surface area contributed by atoms with Crippen molar-refractivity contribution in [3.63, 3.8) is 0 Å². The molecule has 0 aliphatic heterocycles. The number of nitrogens with one attached hydrogen (secondary N) is 1. The molecule has 1 aromatic carbocycles. The highest BCUT2D eigenvalue weighted by Crippen LogP contribution is 2.28. The molecule has 0 heterocycles. The molecule has 0 radical (unpaired) electrons. The summed E-state index contributed by atoms with van der Waals surface area (Å²) in [6.45, 7) is 0. The Morgan fingerprint density at radius 2 is 2.10 bits per heavy atom. The number of carbonyl (C=O) groups excluding carboxylic acids is 1. The lowest BCUT2D eigenvalue weighted by molar-refractivity contribution is -0.122. The van der Waals surface area contributed by atoms with E-state index in [0.717, 1.165) is 0 Å². The molecule has 0 spiro atoms. The first-order valence-electron chi connectivity index (χ1n) is 6.78. The van der Waals surface area contributed by atoms with Gasteiger partial charge in [-0.15, -0.1) is 0 Å². The number of nitriles is 1. The summed E-state index contributed by atoms with van der Waals surface area (Å²) in [5.74, 6) is -0.253. The molecule has 21 heavy (non-hydrogen) atoms. The fourth-order valence-corrected chi connectivity index (χ4v) is 2.98. The van der Waals surface area contributed by atoms with Crippen molar-refractivity contribution in [3.05, 3.63) is 33.8 Å². The van der Waals surface area contributed by atoms with Gasteiger partial charge in [-0.3, -0.25) is 4.79 Å². The molecule has 112 valence electrons. The summed E-state index contributed by atoms with van der Waals surface area (Å²) in [5.41, 5.74) is -0.211. The van der Waals surface area contributed by atoms with E-state index in [0.29, 0.717) is 41.3 Å². The van der Waals surface area contributed by atoms with Crippen molar-refractivity contribution < 1.29 is 9.90 Å². The average molecular weight is 327 g/mol. The molecule has 1 amide bonds. The SMILES string of the molecule is N#CC1(NC(=O)Cc2ccc(Cl)cc2Cl)CCC(O)CC1. The number of carbonyl (C=O) groups is 1. The predicted molar refractivity (Wildman–Crippen MR) is 81.1 cm³/mol. The summed E-state index contributed by atoms with van der Waals surface area (Å²) in [6.07, 6.45) is 1.69. The first kappa shape index (κ1) is 16.1. The Hall–Kier alpha value is -1.28. The minimum absolute atomic E-state index is 0.0992. The van der Waals surface area contributed by atoms with E-state index in [1.54, 1.807) is 18.2 Å². The molecular weight excluding hydrogens is 311 g/mol. The third-order valence-electron chi connectivity index (χ3n) is 3.77. The maximum absolute atomic E-state index is 12.1. The van der Waals surface area contributed by atoms with Gasteiger partial charge in [-0.2, -0.15) is 5.26 Å². The van der Waals surface area contributed by atoms with Crippen LogP contribution in [0.4, 0.5) is 0 Å². The second-order valence-electron chi connectivity index (χ2n) is 5.39. The molecule has 0 saturated heterocycles. The van der Waals surface area contributed by atoms with E-state index >= 15 is 0 Å². The van der Waals surface area contributed by atoms with Crippen LogP contribution in [-0.2, 0) is 11.2 Å². The number of halogens is 2. The zero-order valence-electron chi connectivity index (χ0n) is 11.4. The van der Waals surface area contributed by atoms with E-state index < -0.39 is 5.54 Å². The van der Waals surface area contributed by atoms with E-state index in [1.807, 2.05) is 0 Å². The third kappa shape index (κ3) is 4.10. The quantitative estimate of drug-likeness (QED) is 0.896. The number of amides is 1. The molecular formula is C15H16Cl2N2O2. The highest BCUT2D eigenvalue weighted by atomic mass is 35.5. The highest BCUT2D eigenvalue weighted by Gasteiger charge is 2.36. The van der Waals surface area contributed by atoms with E-state index in [-0.39, 0.29) is 18.4 Å². The first-order valence-corrected chi connectivity index (χ1v) is 7.54. The maximum atomic E-state index is 12.1. The van der Waals surface area contributed by atoms with E-state index in [1.165, 1.54) is 0 Å². The normalized spacial score (nSPS) is 25.1. The fourth-order valence-electron chi connectivity index (χ4n) is 2.51. The van der Waals surface area contributed by atoms with E-state index in [9.17, 15) is 15.2 Å². The van der Waals surface area contributed by atoms with Gasteiger partial charge >= 0.3 is 0 Å². The van der Waals surface area contributed by atoms with E-state index in [2.05, 4.69) is 11.4 Å². The van der Waals surface area contributed by atoms with Gasteiger partial charge in [0.1, 0.15) is 5.54 Å². The Balaban J connectivity index is 2.02. The zero-order chi connectivity index (χ0) is 15.5. The van der Waals surface area contributed by atoms with Crippen LogP contribution in [0.25, 0.3) is 0 Å². The molecule has 0 unspecified atom stereocenters. The van der Waals surface area contributed by atoms with Crippen LogP contribution in [0.1, 0.15) is 31.2 Å². The highest BCUT2D eigenvalue weighted by molar-refractivity contribution is 6.35. The lowest BCUT2D eigenvalue weighted by Gasteiger charge is -2.33. The summed E-state index contributed by atoms with van der Waals surface area (Å²) in [4.78, 5) is 12.1. The van der Waals surface area contributed by atoms with Gasteiger partial charge in [0.25, 0.3) is 0 Å². The molecule has 1 aromatic rings. The zero-order valence-corrected chi connectivity index (χ0v) is 12.9. The van der Waals surface area contributed by atoms with Crippen LogP contribution in [0.2, 0.25) is 10.0 Å². The number of rotatable bonds is 3. The minimum Gasteiger partial charge on any atom is -0.393 e. The molecule has 1 aliphatic rings. The second kappa shape index (κ2) is 6.65. The Labute approximate surface area is 133 Å². The van der Waals surface area contributed by atoms with Gasteiger partial charge < -0.3 is 10.4 Å². The summed E-state index contributed by atoms with van der Waals surface area (Å²) in [7, 11) is 0. The van der Waals surface area contributed by atoms with Crippen molar-refractivity contribution in [2.45, 2.75) is 43.7 Å². The smallest absolute Gasteiger partial charge is 0.225 e. The van der Waals surface area contributed by atoms with E-state index in [4.69, 9.17) is 23.2 Å². The molecule has 2 rings (SSSR count). The summed E-state index contributed by atoms with van der Waals surface area (Å²) in [5, 5.41) is 22.6. The van der Waals surface area contributed by atoms with Gasteiger partial charge in [-0.25, -0.2) is 0 Å². The fraction of sp³-hybridized carbons (Fsp3) is 0.467. The summed E-state index contributed by atoms with van der Waals surface area (Å²) in [6, 6.07) is 7.14. The van der Waals surface area contributed by atoms with Gasteiger partial charge in [-0.1, -0.05) is 29.3 Å². The van der Waals surface area contributed by atoms with Crippen LogP contribution >= 0.6 is 23.2 Å². The lowest BCUT2D eigenvalue weighted by Crippen LogP contribution is -2.50. The number of nitrogens with zero attached hydrogens (tertiary/aromatic N) is 1. The molecule has 6 heteroatoms. The molecule has 0 atom stereocenters. The van der Waals surface area contributed by atoms with Crippen molar-refractivity contribution in [2.24, 2.45) is 0 Å². The molecule has 0 aromatic heterocycles. The van der Waals surface area contributed by atoms with Gasteiger partial charge in [0.15, 0.2) is 0 Å². The Morgan fingerprint density at radius 3 is 2.67 bits per heavy atom. The molecule has 1 fully saturated rings. The number of aliphatic hydroxyl groups is 1. The first-order chi connectivity index (χ1) is 9.94. The van der Waals surface area contributed by atoms with Crippen LogP contribution in [0.5, 0.6) is 0 Å². The van der Waals surface area contributed by atoms with Crippen molar-refractivity contribution in [3.8, 4) is 6.07 Å². The average Bonchev–Trinajstić information content (AvgIpc) is 2.45. The third-order valence-corrected chi connectivity index (χ3v) is 4.35. The largest absolute Gasteiger partial charge is 0.393 e. The monoisotopic (exact) mass is 326 g/mol. The van der Waals surface area contributed by atoms with Crippen molar-refractivity contribution in [1.82, 2.24) is 5.32 Å². The van der Waals surface area contributed by atoms with Crippen LogP contribution in [-0.4, -0.2) is 22.7 Å². The van der Waals surface area contributed by atoms with Crippen molar-refractivity contribution >= 4 is 29.1 Å². The number of hydrogen-bond donors (Lipinski definition) is 2. The van der Waals surface area contributed by atoms with Gasteiger partial charge in [0, 0.05) is 10.0 Å². The Bertz CT molecular complexity index is 576. The van der Waals surface area contributed by atoms with Crippen molar-refractivity contribution in [2.75, 3.05) is 0 Å². The molecule has 4 nitrogen and oxygen atoms in total. The molecule has 2 N–H and O–H groups in total. The molecule has 1 aliphatic carbocycles. The number of aliphatic hydroxyl groups excluding tert-OH is 1. The summed E-state index contributed by atoms with van der Waals surface area (Å²) >= 11 is 11.9. The Kier molecular flexibility index (Phi) is 5.10. The van der Waals surface area contributed by atoms with Crippen LogP contribution in [0.15, 0.2) is 18.2 Å². The minimum atomic E-state index is -0.880. The molecule has 1 saturated carbocycles. The number of hydrogen-bond acceptors (Lipinski definition) is 3. The maximum Gasteiger partial charge on any atom is 0.225 e. The topological polar surface area (TPSA) is 73.1 Å². The van der Waals surface area contributed by atoms with Gasteiger partial charge in [0.05, 0.1) is 18.6 Å². The van der Waals surface area contributed by atoms with Crippen LogP contribution in [0.3, 0.4) is 0 Å². The molecule has 0 bridgehead atoms. The Morgan fingerprint density at radius 1 is 1.43 bits per heavy atom. The standard InChI is InChI=1S/C15H16Cl2N2O2/c16-11-2-1-10(13(17)8-11)7-14(21)19-15(9-18)5-3-12(20)4-6-15/h1-2,8,12,20H,3-7H2,(H,19,21). The predicted octanol–water partition coefficient (Wildman–Crippen LogP) is 2.85. The number of benzene rings is 1. The van der Waals surface area contributed by atoms with Gasteiger partial charge in [-0.05, 0) is 43.4 Å². The summed E-state index contributed by atoms with van der Waals surface area (Å²) < 4.78 is 0. The van der Waals surface area contributed by atoms with Crippen LogP contribution < -0.4 is 5.32 Å². The second-order valence-corrected chi connectivity index (χ2v) is 6.23. The lowest BCUT2D eigenvalue weighted by atomic mass is 9.81.